The van der Waals surface area contributed by atoms with Crippen LogP contribution < -0.4 is 5.32 Å². The Morgan fingerprint density at radius 3 is 2.84 bits per heavy atom. The number of amides is 1. The predicted octanol–water partition coefficient (Wildman–Crippen LogP) is 3.21. The molecule has 1 atom stereocenters. The quantitative estimate of drug-likeness (QED) is 0.645. The molecule has 0 saturated heterocycles. The molecule has 0 bridgehead atoms. The van der Waals surface area contributed by atoms with Crippen LogP contribution in [0.5, 0.6) is 0 Å². The standard InChI is InChI=1S/C19H19N3O3/c1-3-25-18(24)19(2,13-20)11-5-10-16(23)22-15-9-4-7-14-8-6-12-21-17(14)15/h4-9,11-12H,3,10H2,1-2H3,(H,22,23)/b11-5+. The molecule has 1 amide bonds. The summed E-state index contributed by atoms with van der Waals surface area (Å²) in [6.07, 6.45) is 4.58. The molecule has 1 aromatic carbocycles. The Bertz CT molecular complexity index is 849. The number of pyridine rings is 1. The maximum atomic E-state index is 12.1. The van der Waals surface area contributed by atoms with Crippen molar-refractivity contribution in [1.82, 2.24) is 4.98 Å². The van der Waals surface area contributed by atoms with E-state index in [4.69, 9.17) is 4.74 Å². The number of esters is 1. The summed E-state index contributed by atoms with van der Waals surface area (Å²) in [5.74, 6) is -0.897. The molecule has 1 N–H and O–H groups in total. The minimum absolute atomic E-state index is 0.0277. The summed E-state index contributed by atoms with van der Waals surface area (Å²) in [4.78, 5) is 28.2. The summed E-state index contributed by atoms with van der Waals surface area (Å²) in [5, 5.41) is 12.9. The molecule has 0 fully saturated rings. The van der Waals surface area contributed by atoms with E-state index in [0.717, 1.165) is 5.39 Å². The summed E-state index contributed by atoms with van der Waals surface area (Å²) < 4.78 is 4.88. The third kappa shape index (κ3) is 4.42. The van der Waals surface area contributed by atoms with Crippen molar-refractivity contribution in [3.8, 4) is 6.07 Å². The van der Waals surface area contributed by atoms with Crippen LogP contribution in [0, 0.1) is 16.7 Å². The van der Waals surface area contributed by atoms with Crippen LogP contribution in [0.1, 0.15) is 20.3 Å². The molecule has 1 unspecified atom stereocenters. The molecule has 1 aromatic heterocycles. The molecule has 0 aliphatic heterocycles. The van der Waals surface area contributed by atoms with E-state index >= 15 is 0 Å². The number of carbonyl (C=O) groups excluding carboxylic acids is 2. The van der Waals surface area contributed by atoms with Gasteiger partial charge in [0.2, 0.25) is 5.91 Å². The Balaban J connectivity index is 2.05. The normalized spacial score (nSPS) is 13.2. The first-order valence-corrected chi connectivity index (χ1v) is 7.90. The van der Waals surface area contributed by atoms with Crippen molar-refractivity contribution in [2.24, 2.45) is 5.41 Å². The van der Waals surface area contributed by atoms with Crippen molar-refractivity contribution in [2.45, 2.75) is 20.3 Å². The number of hydrogen-bond donors (Lipinski definition) is 1. The lowest BCUT2D eigenvalue weighted by Gasteiger charge is -2.14. The topological polar surface area (TPSA) is 92.1 Å². The summed E-state index contributed by atoms with van der Waals surface area (Å²) in [6.45, 7) is 3.32. The highest BCUT2D eigenvalue weighted by Gasteiger charge is 2.31. The van der Waals surface area contributed by atoms with Crippen molar-refractivity contribution >= 4 is 28.5 Å². The number of benzene rings is 1. The van der Waals surface area contributed by atoms with E-state index in [1.165, 1.54) is 19.1 Å². The molecule has 1 heterocycles. The van der Waals surface area contributed by atoms with Gasteiger partial charge in [0, 0.05) is 18.0 Å². The molecular formula is C19H19N3O3. The Morgan fingerprint density at radius 1 is 1.36 bits per heavy atom. The second-order valence-electron chi connectivity index (χ2n) is 5.57. The third-order valence-corrected chi connectivity index (χ3v) is 3.59. The van der Waals surface area contributed by atoms with Crippen LogP contribution in [0.2, 0.25) is 0 Å². The second-order valence-corrected chi connectivity index (χ2v) is 5.57. The number of nitrogens with one attached hydrogen (secondary N) is 1. The van der Waals surface area contributed by atoms with Gasteiger partial charge in [0.25, 0.3) is 0 Å². The predicted molar refractivity (Wildman–Crippen MR) is 94.5 cm³/mol. The van der Waals surface area contributed by atoms with Crippen LogP contribution >= 0.6 is 0 Å². The molecular weight excluding hydrogens is 318 g/mol. The van der Waals surface area contributed by atoms with Crippen LogP contribution in [0.25, 0.3) is 10.9 Å². The van der Waals surface area contributed by atoms with Gasteiger partial charge in [-0.15, -0.1) is 0 Å². The molecule has 2 aromatic rings. The Labute approximate surface area is 146 Å². The van der Waals surface area contributed by atoms with Crippen LogP contribution in [-0.2, 0) is 14.3 Å². The van der Waals surface area contributed by atoms with Crippen LogP contribution in [0.15, 0.2) is 48.7 Å². The highest BCUT2D eigenvalue weighted by molar-refractivity contribution is 6.00. The minimum Gasteiger partial charge on any atom is -0.465 e. The number of anilines is 1. The molecule has 6 heteroatoms. The molecule has 128 valence electrons. The maximum Gasteiger partial charge on any atom is 0.330 e. The number of rotatable bonds is 6. The fourth-order valence-corrected chi connectivity index (χ4v) is 2.24. The van der Waals surface area contributed by atoms with Gasteiger partial charge in [-0.05, 0) is 26.0 Å². The van der Waals surface area contributed by atoms with Crippen molar-refractivity contribution in [1.29, 1.82) is 5.26 Å². The van der Waals surface area contributed by atoms with Crippen LogP contribution in [0.4, 0.5) is 5.69 Å². The van der Waals surface area contributed by atoms with Gasteiger partial charge in [-0.3, -0.25) is 9.78 Å². The number of para-hydroxylation sites is 1. The zero-order valence-electron chi connectivity index (χ0n) is 14.2. The summed E-state index contributed by atoms with van der Waals surface area (Å²) >= 11 is 0. The zero-order chi connectivity index (χ0) is 18.3. The molecule has 0 saturated carbocycles. The summed E-state index contributed by atoms with van der Waals surface area (Å²) in [6, 6.07) is 11.2. The van der Waals surface area contributed by atoms with Gasteiger partial charge in [-0.25, -0.2) is 4.79 Å². The van der Waals surface area contributed by atoms with Crippen LogP contribution in [-0.4, -0.2) is 23.5 Å². The van der Waals surface area contributed by atoms with E-state index in [-0.39, 0.29) is 18.9 Å². The van der Waals surface area contributed by atoms with Gasteiger partial charge in [0.15, 0.2) is 5.41 Å². The van der Waals surface area contributed by atoms with Crippen molar-refractivity contribution in [3.05, 3.63) is 48.7 Å². The lowest BCUT2D eigenvalue weighted by atomic mass is 9.92. The van der Waals surface area contributed by atoms with E-state index in [1.54, 1.807) is 19.2 Å². The smallest absolute Gasteiger partial charge is 0.330 e. The van der Waals surface area contributed by atoms with Gasteiger partial charge >= 0.3 is 5.97 Å². The largest absolute Gasteiger partial charge is 0.465 e. The minimum atomic E-state index is -1.41. The second kappa shape index (κ2) is 8.06. The van der Waals surface area contributed by atoms with Crippen molar-refractivity contribution in [2.75, 3.05) is 11.9 Å². The first kappa shape index (κ1) is 18.1. The van der Waals surface area contributed by atoms with Gasteiger partial charge < -0.3 is 10.1 Å². The van der Waals surface area contributed by atoms with E-state index in [1.807, 2.05) is 30.3 Å². The van der Waals surface area contributed by atoms with Gasteiger partial charge in [-0.1, -0.05) is 30.4 Å². The highest BCUT2D eigenvalue weighted by atomic mass is 16.5. The van der Waals surface area contributed by atoms with Crippen molar-refractivity contribution < 1.29 is 14.3 Å². The first-order valence-electron chi connectivity index (χ1n) is 7.90. The molecule has 0 aliphatic carbocycles. The van der Waals surface area contributed by atoms with Crippen molar-refractivity contribution in [3.63, 3.8) is 0 Å². The maximum absolute atomic E-state index is 12.1. The molecule has 25 heavy (non-hydrogen) atoms. The summed E-state index contributed by atoms with van der Waals surface area (Å²) in [7, 11) is 0. The van der Waals surface area contributed by atoms with Crippen LogP contribution in [0.3, 0.4) is 0 Å². The van der Waals surface area contributed by atoms with E-state index in [9.17, 15) is 14.9 Å². The fraction of sp³-hybridized carbons (Fsp3) is 0.263. The lowest BCUT2D eigenvalue weighted by molar-refractivity contribution is -0.148. The first-order chi connectivity index (χ1) is 12.0. The fourth-order valence-electron chi connectivity index (χ4n) is 2.24. The lowest BCUT2D eigenvalue weighted by Crippen LogP contribution is -2.26. The van der Waals surface area contributed by atoms with E-state index in [0.29, 0.717) is 11.2 Å². The zero-order valence-corrected chi connectivity index (χ0v) is 14.2. The van der Waals surface area contributed by atoms with Gasteiger partial charge in [0.05, 0.1) is 23.9 Å². The third-order valence-electron chi connectivity index (χ3n) is 3.59. The molecule has 6 nitrogen and oxygen atoms in total. The van der Waals surface area contributed by atoms with Gasteiger partial charge in [-0.2, -0.15) is 5.26 Å². The Kier molecular flexibility index (Phi) is 5.85. The van der Waals surface area contributed by atoms with E-state index in [2.05, 4.69) is 10.3 Å². The number of nitrogens with zero attached hydrogens (tertiary/aromatic N) is 2. The average molecular weight is 337 g/mol. The van der Waals surface area contributed by atoms with Gasteiger partial charge in [0.1, 0.15) is 0 Å². The number of nitriles is 1. The number of fused-ring (bicyclic) bond motifs is 1. The summed E-state index contributed by atoms with van der Waals surface area (Å²) in [5.41, 5.74) is -0.0854. The average Bonchev–Trinajstić information content (AvgIpc) is 2.62. The highest BCUT2D eigenvalue weighted by Crippen LogP contribution is 2.22. The number of ether oxygens (including phenoxy) is 1. The number of carbonyl (C=O) groups is 2. The number of aromatic nitrogens is 1. The Morgan fingerprint density at radius 2 is 2.12 bits per heavy atom. The Hall–Kier alpha value is -3.20. The SMILES string of the molecule is CCOC(=O)C(C)(C#N)/C=C/CC(=O)Nc1cccc2cccnc12. The molecule has 0 aliphatic rings. The molecule has 0 radical (unpaired) electrons. The molecule has 0 spiro atoms. The number of hydrogen-bond acceptors (Lipinski definition) is 5. The molecule has 2 rings (SSSR count). The monoisotopic (exact) mass is 337 g/mol. The van der Waals surface area contributed by atoms with E-state index < -0.39 is 11.4 Å².